The summed E-state index contributed by atoms with van der Waals surface area (Å²) in [6, 6.07) is 7.16. The average Bonchev–Trinajstić information content (AvgIpc) is 2.44. The Kier molecular flexibility index (Phi) is 7.15. The number of carboxylic acids is 1. The van der Waals surface area contributed by atoms with E-state index in [2.05, 4.69) is 5.32 Å². The molecule has 1 atom stereocenters. The third kappa shape index (κ3) is 5.65. The summed E-state index contributed by atoms with van der Waals surface area (Å²) in [6.07, 6.45) is 4.08. The second kappa shape index (κ2) is 8.64. The van der Waals surface area contributed by atoms with Gasteiger partial charge >= 0.3 is 5.97 Å². The van der Waals surface area contributed by atoms with E-state index in [4.69, 9.17) is 5.11 Å². The molecule has 0 spiro atoms. The predicted octanol–water partition coefficient (Wildman–Crippen LogP) is 3.23. The molecule has 0 aliphatic carbocycles. The van der Waals surface area contributed by atoms with Gasteiger partial charge in [0.05, 0.1) is 12.5 Å². The molecule has 0 radical (unpaired) electrons. The maximum absolute atomic E-state index is 11.8. The van der Waals surface area contributed by atoms with Gasteiger partial charge in [0.1, 0.15) is 0 Å². The van der Waals surface area contributed by atoms with Crippen LogP contribution in [0.2, 0.25) is 0 Å². The first kappa shape index (κ1) is 16.6. The van der Waals surface area contributed by atoms with Crippen LogP contribution in [0, 0.1) is 0 Å². The van der Waals surface area contributed by atoms with Crippen molar-refractivity contribution in [1.29, 1.82) is 0 Å². The standard InChI is InChI=1S/C15H21NO3S/c1-3-4-5-14(17)16-13(10-15(18)19)11-6-8-12(20-2)9-7-11/h6-9,13H,3-5,10H2,1-2H3,(H,16,17)(H,18,19). The number of carboxylic acid groups (broad SMARTS) is 1. The van der Waals surface area contributed by atoms with E-state index in [0.717, 1.165) is 23.3 Å². The van der Waals surface area contributed by atoms with E-state index in [-0.39, 0.29) is 12.3 Å². The van der Waals surface area contributed by atoms with Crippen LogP contribution in [-0.4, -0.2) is 23.2 Å². The van der Waals surface area contributed by atoms with E-state index < -0.39 is 12.0 Å². The molecule has 4 nitrogen and oxygen atoms in total. The molecule has 0 bridgehead atoms. The van der Waals surface area contributed by atoms with Gasteiger partial charge in [-0.05, 0) is 30.4 Å². The summed E-state index contributed by atoms with van der Waals surface area (Å²) in [5.74, 6) is -1.01. The predicted molar refractivity (Wildman–Crippen MR) is 80.9 cm³/mol. The van der Waals surface area contributed by atoms with Crippen LogP contribution in [0.15, 0.2) is 29.2 Å². The van der Waals surface area contributed by atoms with Gasteiger partial charge in [-0.1, -0.05) is 25.5 Å². The van der Waals surface area contributed by atoms with Crippen molar-refractivity contribution < 1.29 is 14.7 Å². The van der Waals surface area contributed by atoms with E-state index in [1.54, 1.807) is 11.8 Å². The van der Waals surface area contributed by atoms with Crippen LogP contribution < -0.4 is 5.32 Å². The summed E-state index contributed by atoms with van der Waals surface area (Å²) < 4.78 is 0. The molecule has 1 rings (SSSR count). The highest BCUT2D eigenvalue weighted by molar-refractivity contribution is 7.98. The van der Waals surface area contributed by atoms with Crippen LogP contribution >= 0.6 is 11.8 Å². The molecule has 0 aromatic heterocycles. The van der Waals surface area contributed by atoms with Crippen LogP contribution in [0.4, 0.5) is 0 Å². The lowest BCUT2D eigenvalue weighted by Gasteiger charge is -2.17. The van der Waals surface area contributed by atoms with Crippen LogP contribution in [0.5, 0.6) is 0 Å². The summed E-state index contributed by atoms with van der Waals surface area (Å²) in [6.45, 7) is 2.02. The molecule has 110 valence electrons. The van der Waals surface area contributed by atoms with Gasteiger partial charge in [0, 0.05) is 11.3 Å². The molecular weight excluding hydrogens is 274 g/mol. The highest BCUT2D eigenvalue weighted by atomic mass is 32.2. The van der Waals surface area contributed by atoms with E-state index in [0.29, 0.717) is 6.42 Å². The molecule has 0 aliphatic heterocycles. The highest BCUT2D eigenvalue weighted by Gasteiger charge is 2.17. The highest BCUT2D eigenvalue weighted by Crippen LogP contribution is 2.21. The summed E-state index contributed by atoms with van der Waals surface area (Å²) in [4.78, 5) is 23.8. The first-order valence-electron chi connectivity index (χ1n) is 6.72. The number of aliphatic carboxylic acids is 1. The molecule has 1 aromatic carbocycles. The smallest absolute Gasteiger partial charge is 0.305 e. The van der Waals surface area contributed by atoms with Crippen molar-refractivity contribution in [3.05, 3.63) is 29.8 Å². The fourth-order valence-corrected chi connectivity index (χ4v) is 2.28. The Balaban J connectivity index is 2.76. The third-order valence-corrected chi connectivity index (χ3v) is 3.73. The molecule has 5 heteroatoms. The number of unbranched alkanes of at least 4 members (excludes halogenated alkanes) is 1. The number of hydrogen-bond donors (Lipinski definition) is 2. The number of thioether (sulfide) groups is 1. The maximum Gasteiger partial charge on any atom is 0.305 e. The number of amides is 1. The molecule has 0 aliphatic rings. The number of carbonyl (C=O) groups is 2. The van der Waals surface area contributed by atoms with Crippen molar-refractivity contribution in [3.63, 3.8) is 0 Å². The minimum atomic E-state index is -0.917. The molecule has 1 amide bonds. The number of benzene rings is 1. The average molecular weight is 295 g/mol. The van der Waals surface area contributed by atoms with Crippen molar-refractivity contribution in [1.82, 2.24) is 5.32 Å². The van der Waals surface area contributed by atoms with Crippen molar-refractivity contribution in [2.45, 2.75) is 43.5 Å². The lowest BCUT2D eigenvalue weighted by atomic mass is 10.0. The zero-order valence-electron chi connectivity index (χ0n) is 11.9. The lowest BCUT2D eigenvalue weighted by molar-refractivity contribution is -0.137. The Morgan fingerprint density at radius 1 is 1.30 bits per heavy atom. The maximum atomic E-state index is 11.8. The molecule has 0 saturated heterocycles. The Labute approximate surface area is 124 Å². The van der Waals surface area contributed by atoms with E-state index in [1.165, 1.54) is 0 Å². The molecular formula is C15H21NO3S. The fourth-order valence-electron chi connectivity index (χ4n) is 1.87. The Morgan fingerprint density at radius 3 is 2.45 bits per heavy atom. The molecule has 0 heterocycles. The second-order valence-corrected chi connectivity index (χ2v) is 5.47. The molecule has 1 unspecified atom stereocenters. The van der Waals surface area contributed by atoms with E-state index in [9.17, 15) is 9.59 Å². The zero-order valence-corrected chi connectivity index (χ0v) is 12.7. The number of hydrogen-bond acceptors (Lipinski definition) is 3. The molecule has 1 aromatic rings. The minimum absolute atomic E-state index is 0.0907. The number of carbonyl (C=O) groups excluding carboxylic acids is 1. The molecule has 0 fully saturated rings. The molecule has 2 N–H and O–H groups in total. The summed E-state index contributed by atoms with van der Waals surface area (Å²) >= 11 is 1.62. The summed E-state index contributed by atoms with van der Waals surface area (Å²) in [5, 5.41) is 11.8. The van der Waals surface area contributed by atoms with Gasteiger partial charge < -0.3 is 10.4 Å². The Morgan fingerprint density at radius 2 is 1.95 bits per heavy atom. The van der Waals surface area contributed by atoms with Crippen LogP contribution in [0.1, 0.15) is 44.2 Å². The van der Waals surface area contributed by atoms with Gasteiger partial charge in [-0.25, -0.2) is 0 Å². The quantitative estimate of drug-likeness (QED) is 0.723. The van der Waals surface area contributed by atoms with Gasteiger partial charge in [0.15, 0.2) is 0 Å². The van der Waals surface area contributed by atoms with E-state index in [1.807, 2.05) is 37.4 Å². The summed E-state index contributed by atoms with van der Waals surface area (Å²) in [5.41, 5.74) is 0.829. The third-order valence-electron chi connectivity index (χ3n) is 2.99. The van der Waals surface area contributed by atoms with Gasteiger partial charge in [0.2, 0.25) is 5.91 Å². The normalized spacial score (nSPS) is 11.9. The first-order chi connectivity index (χ1) is 9.56. The second-order valence-electron chi connectivity index (χ2n) is 4.59. The van der Waals surface area contributed by atoms with Crippen LogP contribution in [0.25, 0.3) is 0 Å². The molecule has 0 saturated carbocycles. The van der Waals surface area contributed by atoms with Gasteiger partial charge in [0.25, 0.3) is 0 Å². The van der Waals surface area contributed by atoms with Gasteiger partial charge in [-0.3, -0.25) is 9.59 Å². The van der Waals surface area contributed by atoms with Crippen molar-refractivity contribution in [2.75, 3.05) is 6.26 Å². The largest absolute Gasteiger partial charge is 0.481 e. The first-order valence-corrected chi connectivity index (χ1v) is 7.94. The number of rotatable bonds is 8. The summed E-state index contributed by atoms with van der Waals surface area (Å²) in [7, 11) is 0. The Hall–Kier alpha value is -1.49. The minimum Gasteiger partial charge on any atom is -0.481 e. The SMILES string of the molecule is CCCCC(=O)NC(CC(=O)O)c1ccc(SC)cc1. The van der Waals surface area contributed by atoms with Crippen molar-refractivity contribution in [3.8, 4) is 0 Å². The van der Waals surface area contributed by atoms with Crippen molar-refractivity contribution >= 4 is 23.6 Å². The lowest BCUT2D eigenvalue weighted by Crippen LogP contribution is -2.29. The zero-order chi connectivity index (χ0) is 15.0. The van der Waals surface area contributed by atoms with Crippen LogP contribution in [-0.2, 0) is 9.59 Å². The number of nitrogens with one attached hydrogen (secondary N) is 1. The van der Waals surface area contributed by atoms with Crippen LogP contribution in [0.3, 0.4) is 0 Å². The van der Waals surface area contributed by atoms with Crippen molar-refractivity contribution in [2.24, 2.45) is 0 Å². The Bertz CT molecular complexity index is 445. The van der Waals surface area contributed by atoms with E-state index >= 15 is 0 Å². The van der Waals surface area contributed by atoms with Gasteiger partial charge in [-0.15, -0.1) is 11.8 Å². The topological polar surface area (TPSA) is 66.4 Å². The fraction of sp³-hybridized carbons (Fsp3) is 0.467. The van der Waals surface area contributed by atoms with Gasteiger partial charge in [-0.2, -0.15) is 0 Å². The molecule has 20 heavy (non-hydrogen) atoms. The monoisotopic (exact) mass is 295 g/mol.